The maximum atomic E-state index is 12.8. The second kappa shape index (κ2) is 4.64. The molecular formula is C12H16F3NO. The van der Waals surface area contributed by atoms with E-state index < -0.39 is 17.3 Å². The third-order valence-electron chi connectivity index (χ3n) is 2.51. The highest BCUT2D eigenvalue weighted by Crippen LogP contribution is 2.38. The van der Waals surface area contributed by atoms with Gasteiger partial charge in [0.25, 0.3) is 0 Å². The number of rotatable bonds is 3. The molecule has 96 valence electrons. The molecule has 0 amide bonds. The number of hydrogen-bond donors (Lipinski definition) is 1. The molecule has 1 N–H and O–H groups in total. The molecule has 1 atom stereocenters. The Labute approximate surface area is 98.5 Å². The summed E-state index contributed by atoms with van der Waals surface area (Å²) < 4.78 is 38.3. The summed E-state index contributed by atoms with van der Waals surface area (Å²) in [6.07, 6.45) is -2.05. The van der Waals surface area contributed by atoms with Crippen molar-refractivity contribution in [2.24, 2.45) is 5.92 Å². The summed E-state index contributed by atoms with van der Waals surface area (Å²) in [5.74, 6) is 0.0892. The number of pyridine rings is 1. The number of hydrogen-bond acceptors (Lipinski definition) is 2. The molecule has 0 aliphatic rings. The van der Waals surface area contributed by atoms with Gasteiger partial charge < -0.3 is 5.11 Å². The van der Waals surface area contributed by atoms with E-state index in [2.05, 4.69) is 4.98 Å². The van der Waals surface area contributed by atoms with E-state index in [1.165, 1.54) is 6.92 Å². The largest absolute Gasteiger partial charge is 0.416 e. The first kappa shape index (κ1) is 14.0. The van der Waals surface area contributed by atoms with Gasteiger partial charge >= 0.3 is 6.18 Å². The van der Waals surface area contributed by atoms with E-state index in [1.807, 2.05) is 13.8 Å². The molecule has 1 aromatic rings. The molecule has 0 bridgehead atoms. The number of halogens is 3. The molecule has 1 unspecified atom stereocenters. The van der Waals surface area contributed by atoms with Crippen LogP contribution in [0.3, 0.4) is 0 Å². The van der Waals surface area contributed by atoms with Gasteiger partial charge in [0.15, 0.2) is 0 Å². The zero-order valence-electron chi connectivity index (χ0n) is 10.0. The summed E-state index contributed by atoms with van der Waals surface area (Å²) in [6.45, 7) is 5.08. The highest BCUT2D eigenvalue weighted by Gasteiger charge is 2.38. The van der Waals surface area contributed by atoms with Gasteiger partial charge in [-0.3, -0.25) is 4.98 Å². The summed E-state index contributed by atoms with van der Waals surface area (Å²) >= 11 is 0. The molecule has 0 saturated carbocycles. The van der Waals surface area contributed by atoms with Crippen molar-refractivity contribution in [1.82, 2.24) is 4.98 Å². The fourth-order valence-corrected chi connectivity index (χ4v) is 1.98. The molecule has 0 spiro atoms. The number of aromatic nitrogens is 1. The van der Waals surface area contributed by atoms with E-state index in [9.17, 15) is 18.3 Å². The maximum Gasteiger partial charge on any atom is 0.416 e. The van der Waals surface area contributed by atoms with E-state index in [4.69, 9.17) is 0 Å². The lowest BCUT2D eigenvalue weighted by Gasteiger charge is -2.28. The molecular weight excluding hydrogens is 231 g/mol. The Morgan fingerprint density at radius 2 is 1.88 bits per heavy atom. The van der Waals surface area contributed by atoms with Gasteiger partial charge in [-0.15, -0.1) is 0 Å². The average molecular weight is 247 g/mol. The lowest BCUT2D eigenvalue weighted by molar-refractivity contribution is -0.140. The zero-order chi connectivity index (χ0) is 13.3. The van der Waals surface area contributed by atoms with Crippen molar-refractivity contribution in [3.63, 3.8) is 0 Å². The molecule has 2 nitrogen and oxygen atoms in total. The number of alkyl halides is 3. The van der Waals surface area contributed by atoms with Crippen LogP contribution in [0.4, 0.5) is 13.2 Å². The topological polar surface area (TPSA) is 33.1 Å². The van der Waals surface area contributed by atoms with Crippen LogP contribution in [-0.2, 0) is 11.8 Å². The molecule has 0 aliphatic heterocycles. The van der Waals surface area contributed by atoms with E-state index in [0.717, 1.165) is 18.5 Å². The average Bonchev–Trinajstić information content (AvgIpc) is 2.14. The van der Waals surface area contributed by atoms with Crippen molar-refractivity contribution in [3.8, 4) is 0 Å². The van der Waals surface area contributed by atoms with Crippen molar-refractivity contribution in [2.45, 2.75) is 39.0 Å². The highest BCUT2D eigenvalue weighted by molar-refractivity contribution is 5.31. The molecule has 1 rings (SSSR count). The Morgan fingerprint density at radius 3 is 2.35 bits per heavy atom. The Morgan fingerprint density at radius 1 is 1.29 bits per heavy atom. The van der Waals surface area contributed by atoms with Gasteiger partial charge in [0.1, 0.15) is 0 Å². The van der Waals surface area contributed by atoms with Crippen molar-refractivity contribution in [1.29, 1.82) is 0 Å². The van der Waals surface area contributed by atoms with E-state index in [1.54, 1.807) is 0 Å². The molecule has 1 aromatic heterocycles. The molecule has 0 aromatic carbocycles. The Balaban J connectivity index is 3.22. The van der Waals surface area contributed by atoms with E-state index in [0.29, 0.717) is 0 Å². The van der Waals surface area contributed by atoms with Crippen LogP contribution < -0.4 is 0 Å². The molecule has 17 heavy (non-hydrogen) atoms. The first-order chi connectivity index (χ1) is 7.64. The molecule has 1 heterocycles. The first-order valence-electron chi connectivity index (χ1n) is 5.38. The Hall–Kier alpha value is -1.10. The molecule has 0 aliphatic carbocycles. The van der Waals surface area contributed by atoms with Gasteiger partial charge in [-0.2, -0.15) is 13.2 Å². The minimum Gasteiger partial charge on any atom is -0.385 e. The van der Waals surface area contributed by atoms with Crippen molar-refractivity contribution in [2.75, 3.05) is 0 Å². The van der Waals surface area contributed by atoms with Crippen LogP contribution in [-0.4, -0.2) is 10.1 Å². The van der Waals surface area contributed by atoms with Gasteiger partial charge in [0, 0.05) is 18.0 Å². The summed E-state index contributed by atoms with van der Waals surface area (Å²) in [7, 11) is 0. The van der Waals surface area contributed by atoms with Crippen LogP contribution in [0, 0.1) is 5.92 Å². The lowest BCUT2D eigenvalue weighted by atomic mass is 9.85. The van der Waals surface area contributed by atoms with Crippen LogP contribution in [0.5, 0.6) is 0 Å². The summed E-state index contributed by atoms with van der Waals surface area (Å²) in [5.41, 5.74) is -2.51. The predicted molar refractivity (Wildman–Crippen MR) is 58.3 cm³/mol. The number of nitrogens with zero attached hydrogens (tertiary/aromatic N) is 1. The van der Waals surface area contributed by atoms with E-state index >= 15 is 0 Å². The summed E-state index contributed by atoms with van der Waals surface area (Å²) in [6, 6.07) is 0.893. The third kappa shape index (κ3) is 3.43. The third-order valence-corrected chi connectivity index (χ3v) is 2.51. The zero-order valence-corrected chi connectivity index (χ0v) is 10.0. The Bertz CT molecular complexity index is 386. The van der Waals surface area contributed by atoms with Crippen LogP contribution in [0.1, 0.15) is 38.3 Å². The fourth-order valence-electron chi connectivity index (χ4n) is 1.98. The van der Waals surface area contributed by atoms with Gasteiger partial charge in [-0.05, 0) is 25.3 Å². The molecule has 0 radical (unpaired) electrons. The SMILES string of the molecule is CC(C)CC(C)(O)c1cnccc1C(F)(F)F. The van der Waals surface area contributed by atoms with Gasteiger partial charge in [0.05, 0.1) is 11.2 Å². The molecule has 0 saturated heterocycles. The highest BCUT2D eigenvalue weighted by atomic mass is 19.4. The lowest BCUT2D eigenvalue weighted by Crippen LogP contribution is -2.27. The van der Waals surface area contributed by atoms with Crippen LogP contribution in [0.15, 0.2) is 18.5 Å². The number of aliphatic hydroxyl groups is 1. The van der Waals surface area contributed by atoms with Crippen molar-refractivity contribution in [3.05, 3.63) is 29.6 Å². The second-order valence-corrected chi connectivity index (χ2v) is 4.79. The normalized spacial score (nSPS) is 16.0. The van der Waals surface area contributed by atoms with Crippen LogP contribution in [0.2, 0.25) is 0 Å². The fraction of sp³-hybridized carbons (Fsp3) is 0.583. The predicted octanol–water partition coefficient (Wildman–Crippen LogP) is 3.35. The summed E-state index contributed by atoms with van der Waals surface area (Å²) in [4.78, 5) is 3.67. The quantitative estimate of drug-likeness (QED) is 0.888. The first-order valence-corrected chi connectivity index (χ1v) is 5.38. The molecule has 0 fully saturated rings. The van der Waals surface area contributed by atoms with Crippen molar-refractivity contribution < 1.29 is 18.3 Å². The van der Waals surface area contributed by atoms with Gasteiger partial charge in [0.2, 0.25) is 0 Å². The standard InChI is InChI=1S/C12H16F3NO/c1-8(2)6-11(3,17)10-7-16-5-4-9(10)12(13,14)15/h4-5,7-8,17H,6H2,1-3H3. The Kier molecular flexibility index (Phi) is 3.81. The monoisotopic (exact) mass is 247 g/mol. The maximum absolute atomic E-state index is 12.8. The van der Waals surface area contributed by atoms with E-state index in [-0.39, 0.29) is 17.9 Å². The van der Waals surface area contributed by atoms with Crippen molar-refractivity contribution >= 4 is 0 Å². The van der Waals surface area contributed by atoms with Gasteiger partial charge in [-0.1, -0.05) is 13.8 Å². The minimum atomic E-state index is -4.47. The summed E-state index contributed by atoms with van der Waals surface area (Å²) in [5, 5.41) is 10.2. The van der Waals surface area contributed by atoms with Crippen LogP contribution in [0.25, 0.3) is 0 Å². The van der Waals surface area contributed by atoms with Gasteiger partial charge in [-0.25, -0.2) is 0 Å². The second-order valence-electron chi connectivity index (χ2n) is 4.79. The smallest absolute Gasteiger partial charge is 0.385 e. The molecule has 5 heteroatoms. The minimum absolute atomic E-state index is 0.0892. The van der Waals surface area contributed by atoms with Crippen LogP contribution >= 0.6 is 0 Å².